The van der Waals surface area contributed by atoms with Gasteiger partial charge in [-0.25, -0.2) is 0 Å². The van der Waals surface area contributed by atoms with Crippen LogP contribution in [0.15, 0.2) is 96.7 Å². The molecule has 0 bridgehead atoms. The average molecular weight is 622 g/mol. The molecule has 0 spiro atoms. The van der Waals surface area contributed by atoms with E-state index in [-0.39, 0.29) is 11.6 Å². The molecule has 0 unspecified atom stereocenters. The highest BCUT2D eigenvalue weighted by molar-refractivity contribution is 6.07. The van der Waals surface area contributed by atoms with Crippen molar-refractivity contribution in [2.75, 3.05) is 43.1 Å². The van der Waals surface area contributed by atoms with Gasteiger partial charge in [0, 0.05) is 48.8 Å². The summed E-state index contributed by atoms with van der Waals surface area (Å²) < 4.78 is 12.1. The number of anilines is 2. The molecular formula is C38H43N3O5. The molecule has 3 aromatic carbocycles. The number of ether oxygens (including phenoxy) is 2. The maximum absolute atomic E-state index is 13.5. The van der Waals surface area contributed by atoms with E-state index in [1.165, 1.54) is 6.20 Å². The number of nitrogens with one attached hydrogen (secondary N) is 1. The van der Waals surface area contributed by atoms with Crippen molar-refractivity contribution < 1.29 is 24.1 Å². The Morgan fingerprint density at radius 2 is 1.74 bits per heavy atom. The van der Waals surface area contributed by atoms with E-state index in [2.05, 4.69) is 54.4 Å². The van der Waals surface area contributed by atoms with E-state index in [4.69, 9.17) is 9.47 Å². The molecule has 8 heteroatoms. The van der Waals surface area contributed by atoms with E-state index >= 15 is 0 Å². The maximum atomic E-state index is 13.5. The second-order valence-electron chi connectivity index (χ2n) is 11.4. The molecule has 1 aliphatic heterocycles. The molecule has 1 aromatic heterocycles. The molecule has 0 radical (unpaired) electrons. The molecule has 2 heterocycles. The van der Waals surface area contributed by atoms with E-state index in [0.29, 0.717) is 41.2 Å². The predicted molar refractivity (Wildman–Crippen MR) is 183 cm³/mol. The summed E-state index contributed by atoms with van der Waals surface area (Å²) in [6.45, 7) is 7.81. The molecule has 1 atom stereocenters. The topological polar surface area (TPSA) is 98.0 Å². The van der Waals surface area contributed by atoms with Crippen LogP contribution in [0, 0.1) is 5.21 Å². The third-order valence-corrected chi connectivity index (χ3v) is 8.08. The largest absolute Gasteiger partial charge is 0.618 e. The van der Waals surface area contributed by atoms with Crippen molar-refractivity contribution in [1.29, 1.82) is 0 Å². The SMILES string of the molecule is CCCCOCCOc1ccc(-c2ccc3c(c2)C=C(C(=O)Nc2ccc([C@H](O)c4cccc[n+]4[O-])cc2)CCN3CCC)cc1. The summed E-state index contributed by atoms with van der Waals surface area (Å²) in [5.41, 5.74) is 6.37. The summed E-state index contributed by atoms with van der Waals surface area (Å²) in [5, 5.41) is 25.8. The quantitative estimate of drug-likeness (QED) is 0.0903. The first-order valence-corrected chi connectivity index (χ1v) is 16.1. The molecule has 1 amide bonds. The number of aromatic nitrogens is 1. The van der Waals surface area contributed by atoms with Gasteiger partial charge in [0.2, 0.25) is 5.69 Å². The maximum Gasteiger partial charge on any atom is 0.251 e. The Morgan fingerprint density at radius 1 is 0.957 bits per heavy atom. The van der Waals surface area contributed by atoms with Gasteiger partial charge in [0.25, 0.3) is 5.91 Å². The van der Waals surface area contributed by atoms with Crippen molar-refractivity contribution in [2.24, 2.45) is 0 Å². The Hall–Kier alpha value is -4.66. The lowest BCUT2D eigenvalue weighted by Crippen LogP contribution is -2.32. The summed E-state index contributed by atoms with van der Waals surface area (Å²) in [4.78, 5) is 15.9. The van der Waals surface area contributed by atoms with Crippen LogP contribution in [-0.2, 0) is 9.53 Å². The number of nitrogens with zero attached hydrogens (tertiary/aromatic N) is 2. The molecule has 2 N–H and O–H groups in total. The number of rotatable bonds is 14. The second-order valence-corrected chi connectivity index (χ2v) is 11.4. The number of benzene rings is 3. The van der Waals surface area contributed by atoms with Crippen molar-refractivity contribution in [3.63, 3.8) is 0 Å². The first-order valence-electron chi connectivity index (χ1n) is 16.1. The van der Waals surface area contributed by atoms with E-state index in [1.54, 1.807) is 42.5 Å². The molecule has 0 aliphatic carbocycles. The lowest BCUT2D eigenvalue weighted by Gasteiger charge is -2.25. The fraction of sp³-hybridized carbons (Fsp3) is 0.316. The van der Waals surface area contributed by atoms with Gasteiger partial charge in [-0.05, 0) is 90.1 Å². The summed E-state index contributed by atoms with van der Waals surface area (Å²) in [6, 6.07) is 26.4. The number of hydrogen-bond donors (Lipinski definition) is 2. The van der Waals surface area contributed by atoms with Gasteiger partial charge in [0.1, 0.15) is 12.4 Å². The highest BCUT2D eigenvalue weighted by atomic mass is 16.5. The number of carbonyl (C=O) groups excluding carboxylic acids is 1. The van der Waals surface area contributed by atoms with E-state index in [0.717, 1.165) is 67.1 Å². The Labute approximate surface area is 271 Å². The Kier molecular flexibility index (Phi) is 11.4. The number of unbranched alkanes of at least 4 members (excludes halogenated alkanes) is 1. The molecule has 8 nitrogen and oxygen atoms in total. The zero-order valence-corrected chi connectivity index (χ0v) is 26.7. The van der Waals surface area contributed by atoms with Crippen molar-refractivity contribution in [2.45, 2.75) is 45.6 Å². The second kappa shape index (κ2) is 16.1. The van der Waals surface area contributed by atoms with Gasteiger partial charge in [-0.3, -0.25) is 4.79 Å². The first-order chi connectivity index (χ1) is 22.5. The van der Waals surface area contributed by atoms with Gasteiger partial charge >= 0.3 is 0 Å². The minimum absolute atomic E-state index is 0.163. The monoisotopic (exact) mass is 621 g/mol. The van der Waals surface area contributed by atoms with Gasteiger partial charge in [-0.15, -0.1) is 0 Å². The van der Waals surface area contributed by atoms with Crippen LogP contribution in [0.4, 0.5) is 11.4 Å². The molecule has 5 rings (SSSR count). The Balaban J connectivity index is 1.29. The molecule has 0 fully saturated rings. The van der Waals surface area contributed by atoms with Crippen LogP contribution >= 0.6 is 0 Å². The van der Waals surface area contributed by atoms with Crippen LogP contribution in [0.5, 0.6) is 5.75 Å². The van der Waals surface area contributed by atoms with Gasteiger partial charge < -0.3 is 30.0 Å². The van der Waals surface area contributed by atoms with Crippen molar-refractivity contribution >= 4 is 23.4 Å². The van der Waals surface area contributed by atoms with Crippen LogP contribution in [0.25, 0.3) is 17.2 Å². The molecule has 4 aromatic rings. The standard InChI is InChI=1S/C38H43N3O5/c1-3-5-23-45-24-25-46-34-16-11-28(12-17-34)30-13-18-35-32(26-30)27-31(19-22-40(35)20-4-2)38(43)39-33-14-9-29(10-15-33)37(42)36-8-6-7-21-41(36)44/h6-18,21,26-27,37,42H,3-5,19-20,22-25H2,1-2H3,(H,39,43)/t37-/m0/s1. The zero-order chi connectivity index (χ0) is 32.3. The number of aliphatic hydroxyl groups is 1. The number of fused-ring (bicyclic) bond motifs is 1. The van der Waals surface area contributed by atoms with Crippen molar-refractivity contribution in [1.82, 2.24) is 0 Å². The zero-order valence-electron chi connectivity index (χ0n) is 26.7. The Morgan fingerprint density at radius 3 is 2.48 bits per heavy atom. The number of hydrogen-bond acceptors (Lipinski definition) is 6. The normalized spacial score (nSPS) is 13.4. The number of pyridine rings is 1. The summed E-state index contributed by atoms with van der Waals surface area (Å²) in [6.07, 6.45) is 6.08. The lowest BCUT2D eigenvalue weighted by atomic mass is 10.00. The highest BCUT2D eigenvalue weighted by Gasteiger charge is 2.21. The molecule has 1 aliphatic rings. The van der Waals surface area contributed by atoms with Gasteiger partial charge in [0.05, 0.1) is 6.61 Å². The third kappa shape index (κ3) is 8.33. The lowest BCUT2D eigenvalue weighted by molar-refractivity contribution is -0.617. The van der Waals surface area contributed by atoms with Crippen LogP contribution in [0.1, 0.15) is 62.5 Å². The summed E-state index contributed by atoms with van der Waals surface area (Å²) >= 11 is 0. The fourth-order valence-electron chi connectivity index (χ4n) is 5.55. The third-order valence-electron chi connectivity index (χ3n) is 8.08. The highest BCUT2D eigenvalue weighted by Crippen LogP contribution is 2.33. The minimum Gasteiger partial charge on any atom is -0.618 e. The molecule has 240 valence electrons. The van der Waals surface area contributed by atoms with Gasteiger partial charge in [-0.2, -0.15) is 4.73 Å². The van der Waals surface area contributed by atoms with Crippen LogP contribution in [0.3, 0.4) is 0 Å². The first kappa shape index (κ1) is 32.7. The fourth-order valence-corrected chi connectivity index (χ4v) is 5.55. The number of carbonyl (C=O) groups is 1. The average Bonchev–Trinajstić information content (AvgIpc) is 3.26. The van der Waals surface area contributed by atoms with Crippen molar-refractivity contribution in [3.05, 3.63) is 119 Å². The van der Waals surface area contributed by atoms with E-state index in [1.807, 2.05) is 18.2 Å². The predicted octanol–water partition coefficient (Wildman–Crippen LogP) is 6.91. The number of aliphatic hydroxyl groups excluding tert-OH is 1. The van der Waals surface area contributed by atoms with Crippen LogP contribution < -0.4 is 19.7 Å². The summed E-state index contributed by atoms with van der Waals surface area (Å²) in [7, 11) is 0. The molecule has 0 saturated carbocycles. The number of amides is 1. The van der Waals surface area contributed by atoms with Crippen LogP contribution in [-0.4, -0.2) is 43.9 Å². The van der Waals surface area contributed by atoms with Gasteiger partial charge in [-0.1, -0.05) is 50.6 Å². The minimum atomic E-state index is -1.07. The van der Waals surface area contributed by atoms with Crippen molar-refractivity contribution in [3.8, 4) is 16.9 Å². The summed E-state index contributed by atoms with van der Waals surface area (Å²) in [5.74, 6) is 0.644. The Bertz CT molecular complexity index is 1620. The van der Waals surface area contributed by atoms with E-state index < -0.39 is 6.10 Å². The van der Waals surface area contributed by atoms with Crippen LogP contribution in [0.2, 0.25) is 0 Å². The molecule has 46 heavy (non-hydrogen) atoms. The molecule has 0 saturated heterocycles. The van der Waals surface area contributed by atoms with E-state index in [9.17, 15) is 15.1 Å². The molecular weight excluding hydrogens is 578 g/mol. The van der Waals surface area contributed by atoms with Gasteiger partial charge in [0.15, 0.2) is 12.3 Å². The smallest absolute Gasteiger partial charge is 0.251 e.